The summed E-state index contributed by atoms with van der Waals surface area (Å²) in [5.74, 6) is 3.81. The van der Waals surface area contributed by atoms with E-state index in [9.17, 15) is 19.1 Å². The summed E-state index contributed by atoms with van der Waals surface area (Å²) in [5, 5.41) is 11.3. The topological polar surface area (TPSA) is 113 Å². The van der Waals surface area contributed by atoms with Crippen molar-refractivity contribution < 1.29 is 19.1 Å². The van der Waals surface area contributed by atoms with Crippen LogP contribution in [0.3, 0.4) is 0 Å². The zero-order chi connectivity index (χ0) is 26.9. The summed E-state index contributed by atoms with van der Waals surface area (Å²) in [6.07, 6.45) is 0.526. The lowest BCUT2D eigenvalue weighted by molar-refractivity contribution is -0.137. The number of halogens is 1. The summed E-state index contributed by atoms with van der Waals surface area (Å²) in [4.78, 5) is 26.7. The van der Waals surface area contributed by atoms with Gasteiger partial charge in [0.25, 0.3) is 5.91 Å². The van der Waals surface area contributed by atoms with Crippen molar-refractivity contribution in [1.29, 1.82) is 0 Å². The van der Waals surface area contributed by atoms with Crippen LogP contribution in [0.2, 0.25) is 0 Å². The average Bonchev–Trinajstić information content (AvgIpc) is 2.88. The van der Waals surface area contributed by atoms with E-state index in [4.69, 9.17) is 11.6 Å². The van der Waals surface area contributed by atoms with E-state index in [-0.39, 0.29) is 17.9 Å². The average molecular weight is 505 g/mol. The third kappa shape index (κ3) is 5.29. The van der Waals surface area contributed by atoms with Gasteiger partial charge in [-0.15, -0.1) is 0 Å². The van der Waals surface area contributed by atoms with Crippen molar-refractivity contribution in [3.8, 4) is 0 Å². The van der Waals surface area contributed by atoms with Gasteiger partial charge in [0.05, 0.1) is 23.4 Å². The van der Waals surface area contributed by atoms with Crippen molar-refractivity contribution in [2.75, 3.05) is 23.8 Å². The van der Waals surface area contributed by atoms with Gasteiger partial charge in [0.15, 0.2) is 0 Å². The highest BCUT2D eigenvalue weighted by Crippen LogP contribution is 2.37. The number of carbonyl (C=O) groups is 2. The van der Waals surface area contributed by atoms with Gasteiger partial charge in [-0.05, 0) is 73.2 Å². The second-order valence-corrected chi connectivity index (χ2v) is 9.64. The molecular formula is C29H33FN4O3. The number of rotatable bonds is 7. The van der Waals surface area contributed by atoms with Gasteiger partial charge in [-0.3, -0.25) is 9.59 Å². The molecule has 0 aliphatic carbocycles. The number of hydrogen-bond donors (Lipinski definition) is 3. The Balaban J connectivity index is 1.69. The minimum absolute atomic E-state index is 0.0653. The summed E-state index contributed by atoms with van der Waals surface area (Å²) in [5.41, 5.74) is 13.0. The molecule has 0 aromatic heterocycles. The molecule has 1 heterocycles. The van der Waals surface area contributed by atoms with E-state index in [1.165, 1.54) is 6.07 Å². The maximum atomic E-state index is 14.4. The number of amides is 1. The first-order chi connectivity index (χ1) is 17.6. The Morgan fingerprint density at radius 2 is 1.86 bits per heavy atom. The van der Waals surface area contributed by atoms with Gasteiger partial charge >= 0.3 is 5.97 Å². The minimum Gasteiger partial charge on any atom is -0.481 e. The predicted octanol–water partition coefficient (Wildman–Crippen LogP) is 4.53. The van der Waals surface area contributed by atoms with Crippen LogP contribution < -0.4 is 16.6 Å². The van der Waals surface area contributed by atoms with Gasteiger partial charge in [0, 0.05) is 25.6 Å². The number of aliphatic carboxylic acids is 1. The number of fused-ring (bicyclic) bond motifs is 1. The number of carbonyl (C=O) groups excluding carboxylic acids is 1. The molecule has 1 unspecified atom stereocenters. The van der Waals surface area contributed by atoms with Gasteiger partial charge in [-0.25, -0.2) is 10.2 Å². The number of nitrogens with two attached hydrogens (primary N) is 2. The number of hydrogen-bond acceptors (Lipinski definition) is 5. The summed E-state index contributed by atoms with van der Waals surface area (Å²) >= 11 is 0. The first-order valence-electron chi connectivity index (χ1n) is 12.4. The molecule has 0 bridgehead atoms. The zero-order valence-corrected chi connectivity index (χ0v) is 21.4. The number of anilines is 2. The SMILES string of the molecule is CCN(N)c1ccc(C(CC(=O)O)c2ccc3c(c2)CN(C(=O)c2cc(C)ccc2F)CC3)c(C)c1N. The highest BCUT2D eigenvalue weighted by atomic mass is 19.1. The summed E-state index contributed by atoms with van der Waals surface area (Å²) in [6.45, 7) is 7.01. The van der Waals surface area contributed by atoms with Crippen LogP contribution in [0.4, 0.5) is 15.8 Å². The van der Waals surface area contributed by atoms with Crippen LogP contribution in [0.5, 0.6) is 0 Å². The van der Waals surface area contributed by atoms with Crippen LogP contribution in [0.15, 0.2) is 48.5 Å². The Kier molecular flexibility index (Phi) is 7.50. The Bertz CT molecular complexity index is 1360. The first kappa shape index (κ1) is 26.2. The van der Waals surface area contributed by atoms with Gasteiger partial charge in [-0.2, -0.15) is 0 Å². The molecule has 3 aromatic carbocycles. The van der Waals surface area contributed by atoms with Crippen molar-refractivity contribution in [2.45, 2.75) is 46.1 Å². The summed E-state index contributed by atoms with van der Waals surface area (Å²) < 4.78 is 14.4. The standard InChI is InChI=1S/C29H33FN4O3/c1-4-34(32)26-10-8-22(18(3)28(26)31)23(15-27(35)36)20-7-6-19-11-12-33(16-21(19)14-20)29(37)24-13-17(2)5-9-25(24)30/h5-10,13-14,23H,4,11-12,15-16,31-32H2,1-3H3,(H,35,36). The molecule has 0 saturated heterocycles. The molecule has 0 radical (unpaired) electrons. The first-order valence-corrected chi connectivity index (χ1v) is 12.4. The maximum Gasteiger partial charge on any atom is 0.304 e. The van der Waals surface area contributed by atoms with Gasteiger partial charge in [0.1, 0.15) is 5.82 Å². The summed E-state index contributed by atoms with van der Waals surface area (Å²) in [7, 11) is 0. The monoisotopic (exact) mass is 504 g/mol. The number of carboxylic acids is 1. The van der Waals surface area contributed by atoms with Crippen molar-refractivity contribution in [1.82, 2.24) is 4.90 Å². The van der Waals surface area contributed by atoms with Crippen LogP contribution >= 0.6 is 0 Å². The molecule has 194 valence electrons. The second kappa shape index (κ2) is 10.6. The van der Waals surface area contributed by atoms with E-state index in [1.54, 1.807) is 22.0 Å². The molecule has 0 fully saturated rings. The fourth-order valence-corrected chi connectivity index (χ4v) is 5.05. The molecule has 3 aromatic rings. The smallest absolute Gasteiger partial charge is 0.304 e. The number of carboxylic acid groups (broad SMARTS) is 1. The Labute approximate surface area is 216 Å². The van der Waals surface area contributed by atoms with Gasteiger partial charge in [-0.1, -0.05) is 35.9 Å². The van der Waals surface area contributed by atoms with E-state index in [2.05, 4.69) is 0 Å². The number of aryl methyl sites for hydroxylation is 1. The molecule has 1 amide bonds. The van der Waals surface area contributed by atoms with E-state index in [0.29, 0.717) is 37.4 Å². The van der Waals surface area contributed by atoms with Crippen molar-refractivity contribution in [3.05, 3.63) is 93.3 Å². The van der Waals surface area contributed by atoms with E-state index >= 15 is 0 Å². The third-order valence-electron chi connectivity index (χ3n) is 7.22. The normalized spacial score (nSPS) is 13.7. The van der Waals surface area contributed by atoms with Crippen LogP contribution in [0.25, 0.3) is 0 Å². The number of nitrogens with zero attached hydrogens (tertiary/aromatic N) is 2. The van der Waals surface area contributed by atoms with E-state index < -0.39 is 17.7 Å². The molecule has 5 N–H and O–H groups in total. The Morgan fingerprint density at radius 1 is 1.11 bits per heavy atom. The third-order valence-corrected chi connectivity index (χ3v) is 7.22. The van der Waals surface area contributed by atoms with Crippen molar-refractivity contribution >= 4 is 23.3 Å². The highest BCUT2D eigenvalue weighted by molar-refractivity contribution is 5.94. The molecule has 37 heavy (non-hydrogen) atoms. The number of benzene rings is 3. The molecule has 8 heteroatoms. The predicted molar refractivity (Wildman–Crippen MR) is 143 cm³/mol. The van der Waals surface area contributed by atoms with Gasteiger partial charge in [0.2, 0.25) is 0 Å². The molecule has 4 rings (SSSR count). The number of hydrazine groups is 1. The number of nitrogen functional groups attached to an aromatic ring is 1. The zero-order valence-electron chi connectivity index (χ0n) is 21.4. The highest BCUT2D eigenvalue weighted by Gasteiger charge is 2.27. The summed E-state index contributed by atoms with van der Waals surface area (Å²) in [6, 6.07) is 14.2. The van der Waals surface area contributed by atoms with Crippen LogP contribution in [-0.2, 0) is 17.8 Å². The molecule has 1 atom stereocenters. The fraction of sp³-hybridized carbons (Fsp3) is 0.310. The fourth-order valence-electron chi connectivity index (χ4n) is 5.05. The minimum atomic E-state index is -0.925. The van der Waals surface area contributed by atoms with E-state index in [0.717, 1.165) is 33.4 Å². The van der Waals surface area contributed by atoms with Crippen molar-refractivity contribution in [2.24, 2.45) is 5.84 Å². The van der Waals surface area contributed by atoms with Crippen LogP contribution in [0.1, 0.15) is 63.0 Å². The molecular weight excluding hydrogens is 471 g/mol. The molecule has 1 aliphatic rings. The molecule has 1 aliphatic heterocycles. The molecule has 0 saturated carbocycles. The quantitative estimate of drug-likeness (QED) is 0.248. The molecule has 7 nitrogen and oxygen atoms in total. The van der Waals surface area contributed by atoms with Crippen LogP contribution in [-0.4, -0.2) is 35.0 Å². The van der Waals surface area contributed by atoms with Crippen molar-refractivity contribution in [3.63, 3.8) is 0 Å². The largest absolute Gasteiger partial charge is 0.481 e. The van der Waals surface area contributed by atoms with Crippen LogP contribution in [0, 0.1) is 19.7 Å². The Hall–Kier alpha value is -3.91. The van der Waals surface area contributed by atoms with Gasteiger partial charge < -0.3 is 20.7 Å². The van der Waals surface area contributed by atoms with E-state index in [1.807, 2.05) is 51.1 Å². The lowest BCUT2D eigenvalue weighted by Crippen LogP contribution is -2.36. The lowest BCUT2D eigenvalue weighted by atomic mass is 9.83. The Morgan fingerprint density at radius 3 is 2.57 bits per heavy atom. The second-order valence-electron chi connectivity index (χ2n) is 9.64. The molecule has 0 spiro atoms. The lowest BCUT2D eigenvalue weighted by Gasteiger charge is -2.30. The maximum absolute atomic E-state index is 14.4.